The van der Waals surface area contributed by atoms with Crippen molar-refractivity contribution in [1.29, 1.82) is 0 Å². The van der Waals surface area contributed by atoms with E-state index in [1.807, 2.05) is 0 Å². The Bertz CT molecular complexity index is 1110. The van der Waals surface area contributed by atoms with Crippen LogP contribution in [0.1, 0.15) is 10.4 Å². The Labute approximate surface area is 152 Å². The van der Waals surface area contributed by atoms with Crippen LogP contribution >= 0.6 is 0 Å². The molecule has 0 fully saturated rings. The predicted molar refractivity (Wildman–Crippen MR) is 94.2 cm³/mol. The smallest absolute Gasteiger partial charge is 0.269 e. The van der Waals surface area contributed by atoms with Crippen LogP contribution in [0.25, 0.3) is 10.9 Å². The maximum atomic E-state index is 12.4. The van der Waals surface area contributed by atoms with Gasteiger partial charge in [-0.15, -0.1) is 0 Å². The Balaban J connectivity index is 1.40. The van der Waals surface area contributed by atoms with Crippen molar-refractivity contribution in [3.63, 3.8) is 0 Å². The van der Waals surface area contributed by atoms with Gasteiger partial charge in [-0.25, -0.2) is 4.98 Å². The molecule has 2 heterocycles. The number of amides is 2. The lowest BCUT2D eigenvalue weighted by Crippen LogP contribution is -2.44. The largest absolute Gasteiger partial charge is 0.454 e. The van der Waals surface area contributed by atoms with E-state index < -0.39 is 11.8 Å². The van der Waals surface area contributed by atoms with Crippen LogP contribution in [0.5, 0.6) is 11.5 Å². The third-order valence-corrected chi connectivity index (χ3v) is 4.00. The number of carbonyl (C=O) groups excluding carboxylic acids is 2. The zero-order valence-electron chi connectivity index (χ0n) is 14.0. The maximum absolute atomic E-state index is 12.4. The first-order valence-corrected chi connectivity index (χ1v) is 8.05. The molecule has 0 aliphatic carbocycles. The van der Waals surface area contributed by atoms with E-state index in [9.17, 15) is 14.4 Å². The molecule has 0 saturated carbocycles. The van der Waals surface area contributed by atoms with Crippen LogP contribution in [-0.4, -0.2) is 28.2 Å². The Morgan fingerprint density at radius 3 is 2.78 bits per heavy atom. The number of benzene rings is 2. The minimum atomic E-state index is -0.566. The molecule has 0 radical (unpaired) electrons. The molecule has 1 aromatic heterocycles. The predicted octanol–water partition coefficient (Wildman–Crippen LogP) is 0.586. The zero-order valence-corrected chi connectivity index (χ0v) is 14.0. The molecule has 9 nitrogen and oxygen atoms in total. The van der Waals surface area contributed by atoms with Gasteiger partial charge < -0.3 is 9.47 Å². The van der Waals surface area contributed by atoms with Crippen molar-refractivity contribution in [2.24, 2.45) is 0 Å². The van der Waals surface area contributed by atoms with Crippen molar-refractivity contribution in [1.82, 2.24) is 20.4 Å². The van der Waals surface area contributed by atoms with Gasteiger partial charge in [-0.1, -0.05) is 12.1 Å². The quantitative estimate of drug-likeness (QED) is 0.656. The summed E-state index contributed by atoms with van der Waals surface area (Å²) in [6, 6.07) is 11.5. The molecular weight excluding hydrogens is 352 g/mol. The summed E-state index contributed by atoms with van der Waals surface area (Å²) in [5, 5.41) is 0.414. The molecule has 1 aliphatic heterocycles. The molecule has 0 saturated heterocycles. The van der Waals surface area contributed by atoms with Crippen LogP contribution in [0.2, 0.25) is 0 Å². The normalized spacial score (nSPS) is 12.0. The first kappa shape index (κ1) is 16.6. The molecule has 2 aromatic carbocycles. The highest BCUT2D eigenvalue weighted by Gasteiger charge is 2.16. The number of rotatable bonds is 3. The van der Waals surface area contributed by atoms with Crippen molar-refractivity contribution in [3.8, 4) is 11.5 Å². The first-order chi connectivity index (χ1) is 13.1. The van der Waals surface area contributed by atoms with Crippen LogP contribution < -0.4 is 25.9 Å². The van der Waals surface area contributed by atoms with Gasteiger partial charge in [0, 0.05) is 5.56 Å². The number of hydrogen-bond acceptors (Lipinski definition) is 6. The van der Waals surface area contributed by atoms with Gasteiger partial charge in [0.2, 0.25) is 6.79 Å². The Kier molecular flexibility index (Phi) is 4.17. The first-order valence-electron chi connectivity index (χ1n) is 8.05. The maximum Gasteiger partial charge on any atom is 0.269 e. The summed E-state index contributed by atoms with van der Waals surface area (Å²) in [4.78, 5) is 40.7. The SMILES string of the molecule is O=C(Cn1cnc2ccccc2c1=O)NNC(=O)c1ccc2c(c1)OCO2. The standard InChI is InChI=1S/C18H14N4O5/c23-16(8-22-9-19-13-4-2-1-3-12(13)18(22)25)20-21-17(24)11-5-6-14-15(7-11)27-10-26-14/h1-7,9H,8,10H2,(H,20,23)(H,21,24). The molecule has 2 N–H and O–H groups in total. The number of aromatic nitrogens is 2. The fraction of sp³-hybridized carbons (Fsp3) is 0.111. The van der Waals surface area contributed by atoms with Crippen molar-refractivity contribution >= 4 is 22.7 Å². The molecule has 3 aromatic rings. The van der Waals surface area contributed by atoms with Crippen molar-refractivity contribution in [2.45, 2.75) is 6.54 Å². The number of carbonyl (C=O) groups is 2. The molecule has 2 amide bonds. The van der Waals surface area contributed by atoms with E-state index in [1.54, 1.807) is 36.4 Å². The summed E-state index contributed by atoms with van der Waals surface area (Å²) in [5.41, 5.74) is 5.08. The lowest BCUT2D eigenvalue weighted by atomic mass is 10.2. The highest BCUT2D eigenvalue weighted by atomic mass is 16.7. The number of nitrogens with zero attached hydrogens (tertiary/aromatic N) is 2. The van der Waals surface area contributed by atoms with Crippen LogP contribution in [-0.2, 0) is 11.3 Å². The van der Waals surface area contributed by atoms with E-state index in [-0.39, 0.29) is 18.9 Å². The van der Waals surface area contributed by atoms with Crippen molar-refractivity contribution in [2.75, 3.05) is 6.79 Å². The number of fused-ring (bicyclic) bond motifs is 2. The van der Waals surface area contributed by atoms with E-state index >= 15 is 0 Å². The summed E-state index contributed by atoms with van der Waals surface area (Å²) in [6.07, 6.45) is 1.30. The van der Waals surface area contributed by atoms with Crippen LogP contribution in [0.3, 0.4) is 0 Å². The van der Waals surface area contributed by atoms with E-state index in [4.69, 9.17) is 9.47 Å². The van der Waals surface area contributed by atoms with Gasteiger partial charge in [0.1, 0.15) is 6.54 Å². The fourth-order valence-electron chi connectivity index (χ4n) is 2.65. The van der Waals surface area contributed by atoms with Gasteiger partial charge in [-0.3, -0.25) is 29.8 Å². The number of para-hydroxylation sites is 1. The molecule has 0 spiro atoms. The monoisotopic (exact) mass is 366 g/mol. The molecule has 27 heavy (non-hydrogen) atoms. The molecule has 136 valence electrons. The molecule has 0 atom stereocenters. The van der Waals surface area contributed by atoms with E-state index in [0.717, 1.165) is 0 Å². The Hall–Kier alpha value is -3.88. The summed E-state index contributed by atoms with van der Waals surface area (Å²) >= 11 is 0. The molecule has 0 unspecified atom stereocenters. The minimum absolute atomic E-state index is 0.103. The van der Waals surface area contributed by atoms with Gasteiger partial charge in [-0.2, -0.15) is 0 Å². The highest BCUT2D eigenvalue weighted by molar-refractivity contribution is 5.96. The lowest BCUT2D eigenvalue weighted by Gasteiger charge is -2.09. The zero-order chi connectivity index (χ0) is 18.8. The van der Waals surface area contributed by atoms with Gasteiger partial charge in [0.15, 0.2) is 11.5 Å². The Morgan fingerprint density at radius 2 is 1.89 bits per heavy atom. The average Bonchev–Trinajstić information content (AvgIpc) is 3.16. The van der Waals surface area contributed by atoms with Crippen LogP contribution in [0.4, 0.5) is 0 Å². The van der Waals surface area contributed by atoms with Crippen LogP contribution in [0, 0.1) is 0 Å². The second kappa shape index (κ2) is 6.79. The fourth-order valence-corrected chi connectivity index (χ4v) is 2.65. The molecule has 1 aliphatic rings. The second-order valence-electron chi connectivity index (χ2n) is 5.77. The minimum Gasteiger partial charge on any atom is -0.454 e. The number of hydrazine groups is 1. The molecular formula is C18H14N4O5. The van der Waals surface area contributed by atoms with Gasteiger partial charge in [0.05, 0.1) is 17.2 Å². The second-order valence-corrected chi connectivity index (χ2v) is 5.77. The van der Waals surface area contributed by atoms with Gasteiger partial charge >= 0.3 is 0 Å². The number of hydrogen-bond donors (Lipinski definition) is 2. The molecule has 0 bridgehead atoms. The number of nitrogens with one attached hydrogen (secondary N) is 2. The van der Waals surface area contributed by atoms with E-state index in [2.05, 4.69) is 15.8 Å². The lowest BCUT2D eigenvalue weighted by molar-refractivity contribution is -0.122. The van der Waals surface area contributed by atoms with Crippen LogP contribution in [0.15, 0.2) is 53.6 Å². The third kappa shape index (κ3) is 3.30. The summed E-state index contributed by atoms with van der Waals surface area (Å²) < 4.78 is 11.6. The molecule has 4 rings (SSSR count). The Morgan fingerprint density at radius 1 is 1.07 bits per heavy atom. The summed E-state index contributed by atoms with van der Waals surface area (Å²) in [5.74, 6) is -0.0737. The number of ether oxygens (including phenoxy) is 2. The van der Waals surface area contributed by atoms with Crippen molar-refractivity contribution in [3.05, 3.63) is 64.7 Å². The van der Waals surface area contributed by atoms with Crippen molar-refractivity contribution < 1.29 is 19.1 Å². The van der Waals surface area contributed by atoms with Gasteiger partial charge in [0.25, 0.3) is 17.4 Å². The van der Waals surface area contributed by atoms with E-state index in [1.165, 1.54) is 17.0 Å². The third-order valence-electron chi connectivity index (χ3n) is 4.00. The molecule has 9 heteroatoms. The van der Waals surface area contributed by atoms with E-state index in [0.29, 0.717) is 28.0 Å². The topological polar surface area (TPSA) is 112 Å². The summed E-state index contributed by atoms with van der Waals surface area (Å²) in [6.45, 7) is -0.177. The highest BCUT2D eigenvalue weighted by Crippen LogP contribution is 2.32. The van der Waals surface area contributed by atoms with Gasteiger partial charge in [-0.05, 0) is 30.3 Å². The summed E-state index contributed by atoms with van der Waals surface area (Å²) in [7, 11) is 0. The average molecular weight is 366 g/mol.